The summed E-state index contributed by atoms with van der Waals surface area (Å²) >= 11 is 1.77. The zero-order valence-electron chi connectivity index (χ0n) is 10.1. The smallest absolute Gasteiger partial charge is 0.223 e. The van der Waals surface area contributed by atoms with E-state index in [0.717, 1.165) is 6.42 Å². The van der Waals surface area contributed by atoms with Gasteiger partial charge in [-0.1, -0.05) is 19.9 Å². The maximum absolute atomic E-state index is 4.22. The maximum Gasteiger partial charge on any atom is 0.223 e. The Labute approximate surface area is 106 Å². The van der Waals surface area contributed by atoms with Crippen molar-refractivity contribution < 1.29 is 0 Å². The van der Waals surface area contributed by atoms with Gasteiger partial charge in [0, 0.05) is 17.3 Å². The molecular formula is C13H17N3S. The second-order valence-corrected chi connectivity index (χ2v) is 5.39. The predicted octanol–water partition coefficient (Wildman–Crippen LogP) is 3.74. The second-order valence-electron chi connectivity index (χ2n) is 4.41. The molecule has 1 N–H and O–H groups in total. The summed E-state index contributed by atoms with van der Waals surface area (Å²) in [5, 5.41) is 5.51. The van der Waals surface area contributed by atoms with Crippen LogP contribution in [0.2, 0.25) is 0 Å². The molecule has 0 bridgehead atoms. The van der Waals surface area contributed by atoms with Crippen LogP contribution in [0.15, 0.2) is 36.0 Å². The first-order valence-electron chi connectivity index (χ1n) is 5.82. The molecule has 2 rings (SSSR count). The Balaban J connectivity index is 2.11. The molecule has 0 fully saturated rings. The van der Waals surface area contributed by atoms with Crippen molar-refractivity contribution in [2.75, 3.05) is 5.32 Å². The third-order valence-electron chi connectivity index (χ3n) is 2.46. The minimum atomic E-state index is 0.303. The fourth-order valence-corrected chi connectivity index (χ4v) is 2.53. The molecule has 3 nitrogen and oxygen atoms in total. The van der Waals surface area contributed by atoms with Crippen LogP contribution in [0, 0.1) is 5.92 Å². The summed E-state index contributed by atoms with van der Waals surface area (Å²) in [5.41, 5.74) is 0. The van der Waals surface area contributed by atoms with Gasteiger partial charge in [0.15, 0.2) is 0 Å². The lowest BCUT2D eigenvalue weighted by molar-refractivity contribution is 0.533. The van der Waals surface area contributed by atoms with Gasteiger partial charge in [0.1, 0.15) is 0 Å². The van der Waals surface area contributed by atoms with Gasteiger partial charge in [-0.3, -0.25) is 0 Å². The minimum Gasteiger partial charge on any atom is -0.347 e. The van der Waals surface area contributed by atoms with E-state index in [2.05, 4.69) is 46.6 Å². The Morgan fingerprint density at radius 3 is 2.59 bits per heavy atom. The van der Waals surface area contributed by atoms with E-state index in [1.807, 2.05) is 6.07 Å². The Morgan fingerprint density at radius 2 is 2.00 bits per heavy atom. The summed E-state index contributed by atoms with van der Waals surface area (Å²) in [6.45, 7) is 4.46. The van der Waals surface area contributed by atoms with Gasteiger partial charge in [-0.15, -0.1) is 11.3 Å². The maximum atomic E-state index is 4.22. The molecule has 2 aromatic heterocycles. The molecule has 17 heavy (non-hydrogen) atoms. The summed E-state index contributed by atoms with van der Waals surface area (Å²) in [6, 6.07) is 6.37. The van der Waals surface area contributed by atoms with Crippen molar-refractivity contribution in [1.29, 1.82) is 0 Å². The third kappa shape index (κ3) is 3.53. The van der Waals surface area contributed by atoms with Gasteiger partial charge in [-0.2, -0.15) is 0 Å². The molecule has 0 aliphatic carbocycles. The molecule has 0 aromatic carbocycles. The molecule has 4 heteroatoms. The number of thiophene rings is 1. The first-order chi connectivity index (χ1) is 8.25. The summed E-state index contributed by atoms with van der Waals surface area (Å²) in [6.07, 6.45) is 4.60. The van der Waals surface area contributed by atoms with Crippen LogP contribution in [0.25, 0.3) is 0 Å². The highest BCUT2D eigenvalue weighted by Gasteiger charge is 2.15. The predicted molar refractivity (Wildman–Crippen MR) is 72.2 cm³/mol. The lowest BCUT2D eigenvalue weighted by Crippen LogP contribution is -2.13. The highest BCUT2D eigenvalue weighted by molar-refractivity contribution is 7.10. The van der Waals surface area contributed by atoms with Crippen molar-refractivity contribution in [3.63, 3.8) is 0 Å². The van der Waals surface area contributed by atoms with E-state index in [1.165, 1.54) is 4.88 Å². The molecule has 2 aromatic rings. The van der Waals surface area contributed by atoms with E-state index < -0.39 is 0 Å². The van der Waals surface area contributed by atoms with Crippen molar-refractivity contribution in [3.8, 4) is 0 Å². The van der Waals surface area contributed by atoms with E-state index >= 15 is 0 Å². The Morgan fingerprint density at radius 1 is 1.24 bits per heavy atom. The normalized spacial score (nSPS) is 12.6. The van der Waals surface area contributed by atoms with E-state index in [0.29, 0.717) is 17.9 Å². The average Bonchev–Trinajstić information content (AvgIpc) is 2.82. The lowest BCUT2D eigenvalue weighted by atomic mass is 10.0. The van der Waals surface area contributed by atoms with Gasteiger partial charge in [0.05, 0.1) is 6.04 Å². The van der Waals surface area contributed by atoms with Crippen LogP contribution in [0.1, 0.15) is 31.2 Å². The molecule has 0 aliphatic rings. The number of aromatic nitrogens is 2. The summed E-state index contributed by atoms with van der Waals surface area (Å²) in [5.74, 6) is 1.34. The molecule has 0 saturated carbocycles. The number of nitrogens with zero attached hydrogens (tertiary/aromatic N) is 2. The number of rotatable bonds is 5. The van der Waals surface area contributed by atoms with Crippen molar-refractivity contribution in [1.82, 2.24) is 9.97 Å². The molecule has 1 atom stereocenters. The van der Waals surface area contributed by atoms with Crippen molar-refractivity contribution in [2.24, 2.45) is 5.92 Å². The Bertz CT molecular complexity index is 425. The van der Waals surface area contributed by atoms with Gasteiger partial charge in [-0.05, 0) is 29.9 Å². The molecular weight excluding hydrogens is 230 g/mol. The Kier molecular flexibility index (Phi) is 4.09. The molecule has 0 amide bonds. The molecule has 0 spiro atoms. The zero-order chi connectivity index (χ0) is 12.1. The van der Waals surface area contributed by atoms with E-state index in [-0.39, 0.29) is 0 Å². The zero-order valence-corrected chi connectivity index (χ0v) is 10.9. The molecule has 0 aliphatic heterocycles. The first-order valence-corrected chi connectivity index (χ1v) is 6.70. The monoisotopic (exact) mass is 247 g/mol. The number of anilines is 1. The van der Waals surface area contributed by atoms with E-state index in [1.54, 1.807) is 23.7 Å². The topological polar surface area (TPSA) is 37.8 Å². The molecule has 90 valence electrons. The third-order valence-corrected chi connectivity index (χ3v) is 3.45. The fraction of sp³-hybridized carbons (Fsp3) is 0.385. The second kappa shape index (κ2) is 5.77. The lowest BCUT2D eigenvalue weighted by Gasteiger charge is -2.19. The molecule has 0 radical (unpaired) electrons. The van der Waals surface area contributed by atoms with E-state index in [4.69, 9.17) is 0 Å². The molecule has 2 heterocycles. The van der Waals surface area contributed by atoms with Gasteiger partial charge >= 0.3 is 0 Å². The van der Waals surface area contributed by atoms with E-state index in [9.17, 15) is 0 Å². The van der Waals surface area contributed by atoms with Crippen LogP contribution in [-0.2, 0) is 0 Å². The largest absolute Gasteiger partial charge is 0.347 e. The van der Waals surface area contributed by atoms with Gasteiger partial charge in [0.2, 0.25) is 5.95 Å². The SMILES string of the molecule is CC(C)CC(Nc1ncccn1)c1cccs1. The molecule has 1 unspecified atom stereocenters. The highest BCUT2D eigenvalue weighted by Crippen LogP contribution is 2.27. The van der Waals surface area contributed by atoms with Crippen molar-refractivity contribution in [3.05, 3.63) is 40.8 Å². The summed E-state index contributed by atoms with van der Waals surface area (Å²) < 4.78 is 0. The highest BCUT2D eigenvalue weighted by atomic mass is 32.1. The standard InChI is InChI=1S/C13H17N3S/c1-10(2)9-11(12-5-3-8-17-12)16-13-14-6-4-7-15-13/h3-8,10-11H,9H2,1-2H3,(H,14,15,16). The van der Waals surface area contributed by atoms with Crippen LogP contribution in [0.4, 0.5) is 5.95 Å². The van der Waals surface area contributed by atoms with Crippen LogP contribution in [-0.4, -0.2) is 9.97 Å². The van der Waals surface area contributed by atoms with Crippen LogP contribution < -0.4 is 5.32 Å². The average molecular weight is 247 g/mol. The minimum absolute atomic E-state index is 0.303. The van der Waals surface area contributed by atoms with Crippen molar-refractivity contribution in [2.45, 2.75) is 26.3 Å². The summed E-state index contributed by atoms with van der Waals surface area (Å²) in [4.78, 5) is 9.78. The van der Waals surface area contributed by atoms with Crippen LogP contribution >= 0.6 is 11.3 Å². The fourth-order valence-electron chi connectivity index (χ4n) is 1.74. The van der Waals surface area contributed by atoms with Crippen LogP contribution in [0.3, 0.4) is 0 Å². The van der Waals surface area contributed by atoms with Crippen molar-refractivity contribution >= 4 is 17.3 Å². The first kappa shape index (κ1) is 12.0. The quantitative estimate of drug-likeness (QED) is 0.874. The van der Waals surface area contributed by atoms with Gasteiger partial charge in [-0.25, -0.2) is 9.97 Å². The van der Waals surface area contributed by atoms with Gasteiger partial charge < -0.3 is 5.32 Å². The number of nitrogens with one attached hydrogen (secondary N) is 1. The Hall–Kier alpha value is -1.42. The van der Waals surface area contributed by atoms with Crippen LogP contribution in [0.5, 0.6) is 0 Å². The molecule has 0 saturated heterocycles. The summed E-state index contributed by atoms with van der Waals surface area (Å²) in [7, 11) is 0. The number of hydrogen-bond acceptors (Lipinski definition) is 4. The van der Waals surface area contributed by atoms with Gasteiger partial charge in [0.25, 0.3) is 0 Å². The number of hydrogen-bond donors (Lipinski definition) is 1.